The van der Waals surface area contributed by atoms with Gasteiger partial charge in [0.2, 0.25) is 0 Å². The fourth-order valence-corrected chi connectivity index (χ4v) is 3.14. The van der Waals surface area contributed by atoms with Gasteiger partial charge in [-0.3, -0.25) is 4.90 Å². The molecule has 0 spiro atoms. The van der Waals surface area contributed by atoms with E-state index in [4.69, 9.17) is 4.74 Å². The van der Waals surface area contributed by atoms with Gasteiger partial charge in [0.05, 0.1) is 18.5 Å². The number of imidazole rings is 1. The quantitative estimate of drug-likeness (QED) is 0.941. The van der Waals surface area contributed by atoms with Crippen molar-refractivity contribution in [2.75, 3.05) is 19.7 Å². The van der Waals surface area contributed by atoms with Crippen LogP contribution in [0.25, 0.3) is 5.65 Å². The molecule has 0 radical (unpaired) electrons. The highest BCUT2D eigenvalue weighted by Gasteiger charge is 2.22. The maximum Gasteiger partial charge on any atom is 0.407 e. The summed E-state index contributed by atoms with van der Waals surface area (Å²) in [6.45, 7) is 7.04. The predicted octanol–water partition coefficient (Wildman–Crippen LogP) is 2.35. The molecule has 3 rings (SSSR count). The van der Waals surface area contributed by atoms with E-state index in [2.05, 4.69) is 38.8 Å². The lowest BCUT2D eigenvalue weighted by atomic mass is 10.1. The molecule has 124 valence electrons. The van der Waals surface area contributed by atoms with Crippen LogP contribution in [-0.4, -0.2) is 46.1 Å². The van der Waals surface area contributed by atoms with E-state index in [1.165, 1.54) is 11.3 Å². The number of pyridine rings is 1. The Labute approximate surface area is 136 Å². The Morgan fingerprint density at radius 3 is 3.17 bits per heavy atom. The van der Waals surface area contributed by atoms with Crippen molar-refractivity contribution in [1.82, 2.24) is 19.6 Å². The van der Waals surface area contributed by atoms with Gasteiger partial charge < -0.3 is 14.5 Å². The Morgan fingerprint density at radius 2 is 2.35 bits per heavy atom. The second kappa shape index (κ2) is 7.00. The van der Waals surface area contributed by atoms with Gasteiger partial charge in [-0.25, -0.2) is 9.78 Å². The Kier molecular flexibility index (Phi) is 4.81. The molecule has 1 aliphatic rings. The van der Waals surface area contributed by atoms with Gasteiger partial charge >= 0.3 is 6.09 Å². The topological polar surface area (TPSA) is 58.9 Å². The van der Waals surface area contributed by atoms with Crippen LogP contribution in [0.2, 0.25) is 0 Å². The van der Waals surface area contributed by atoms with Crippen LogP contribution in [0.4, 0.5) is 4.79 Å². The van der Waals surface area contributed by atoms with Gasteiger partial charge in [-0.05, 0) is 44.9 Å². The molecular weight excluding hydrogens is 292 g/mol. The lowest BCUT2D eigenvalue weighted by Crippen LogP contribution is -2.47. The molecule has 1 fully saturated rings. The zero-order chi connectivity index (χ0) is 16.2. The largest absolute Gasteiger partial charge is 0.450 e. The van der Waals surface area contributed by atoms with Crippen LogP contribution in [-0.2, 0) is 11.3 Å². The maximum absolute atomic E-state index is 11.6. The highest BCUT2D eigenvalue weighted by atomic mass is 16.5. The number of aryl methyl sites for hydroxylation is 1. The van der Waals surface area contributed by atoms with Crippen LogP contribution in [0.1, 0.15) is 31.0 Å². The number of nitrogens with zero attached hydrogens (tertiary/aromatic N) is 3. The standard InChI is InChI=1S/C17H24N4O2/c1-3-23-17(22)19-14-5-4-8-20(11-14)12-15-9-18-16-7-6-13(2)10-21(15)16/h6-7,9-10,14H,3-5,8,11-12H2,1-2H3,(H,19,22)/t14-/m1/s1. The third-order valence-electron chi connectivity index (χ3n) is 4.22. The van der Waals surface area contributed by atoms with Crippen molar-refractivity contribution in [1.29, 1.82) is 0 Å². The molecule has 6 heteroatoms. The molecule has 1 amide bonds. The number of carbonyl (C=O) groups excluding carboxylic acids is 1. The number of carbonyl (C=O) groups is 1. The summed E-state index contributed by atoms with van der Waals surface area (Å²) in [5.74, 6) is 0. The summed E-state index contributed by atoms with van der Waals surface area (Å²) in [6.07, 6.45) is 5.83. The fraction of sp³-hybridized carbons (Fsp3) is 0.529. The molecule has 0 aromatic carbocycles. The SMILES string of the molecule is CCOC(=O)N[C@@H]1CCCN(Cc2cnc3ccc(C)cn23)C1. The Balaban J connectivity index is 1.64. The van der Waals surface area contributed by atoms with Crippen LogP contribution in [0, 0.1) is 6.92 Å². The van der Waals surface area contributed by atoms with E-state index in [-0.39, 0.29) is 12.1 Å². The van der Waals surface area contributed by atoms with Crippen molar-refractivity contribution < 1.29 is 9.53 Å². The van der Waals surface area contributed by atoms with Crippen LogP contribution >= 0.6 is 0 Å². The van der Waals surface area contributed by atoms with Crippen molar-refractivity contribution in [3.8, 4) is 0 Å². The summed E-state index contributed by atoms with van der Waals surface area (Å²) in [7, 11) is 0. The Hall–Kier alpha value is -2.08. The van der Waals surface area contributed by atoms with Crippen LogP contribution in [0.5, 0.6) is 0 Å². The molecule has 1 aliphatic heterocycles. The second-order valence-corrected chi connectivity index (χ2v) is 6.12. The summed E-state index contributed by atoms with van der Waals surface area (Å²) in [4.78, 5) is 18.4. The smallest absolute Gasteiger partial charge is 0.407 e. The molecule has 0 bridgehead atoms. The summed E-state index contributed by atoms with van der Waals surface area (Å²) < 4.78 is 7.12. The molecule has 3 heterocycles. The molecule has 1 saturated heterocycles. The van der Waals surface area contributed by atoms with Crippen molar-refractivity contribution >= 4 is 11.7 Å². The summed E-state index contributed by atoms with van der Waals surface area (Å²) in [5, 5.41) is 2.95. The average molecular weight is 316 g/mol. The zero-order valence-electron chi connectivity index (χ0n) is 13.8. The normalized spacial score (nSPS) is 19.0. The third kappa shape index (κ3) is 3.82. The molecule has 2 aromatic heterocycles. The third-order valence-corrected chi connectivity index (χ3v) is 4.22. The molecule has 23 heavy (non-hydrogen) atoms. The van der Waals surface area contributed by atoms with Gasteiger partial charge in [0.25, 0.3) is 0 Å². The number of piperidine rings is 1. The monoisotopic (exact) mass is 316 g/mol. The van der Waals surface area contributed by atoms with Crippen LogP contribution < -0.4 is 5.32 Å². The molecule has 1 atom stereocenters. The predicted molar refractivity (Wildman–Crippen MR) is 88.4 cm³/mol. The second-order valence-electron chi connectivity index (χ2n) is 6.12. The minimum absolute atomic E-state index is 0.156. The Bertz CT molecular complexity index is 682. The number of hydrogen-bond donors (Lipinski definition) is 1. The Morgan fingerprint density at radius 1 is 1.48 bits per heavy atom. The highest BCUT2D eigenvalue weighted by molar-refractivity contribution is 5.67. The van der Waals surface area contributed by atoms with E-state index >= 15 is 0 Å². The number of nitrogens with one attached hydrogen (secondary N) is 1. The number of hydrogen-bond acceptors (Lipinski definition) is 4. The maximum atomic E-state index is 11.6. The molecule has 6 nitrogen and oxygen atoms in total. The lowest BCUT2D eigenvalue weighted by Gasteiger charge is -2.32. The van der Waals surface area contributed by atoms with Crippen molar-refractivity contribution in [3.05, 3.63) is 35.8 Å². The van der Waals surface area contributed by atoms with Crippen LogP contribution in [0.15, 0.2) is 24.5 Å². The van der Waals surface area contributed by atoms with Gasteiger partial charge in [-0.2, -0.15) is 0 Å². The number of alkyl carbamates (subject to hydrolysis) is 1. The fourth-order valence-electron chi connectivity index (χ4n) is 3.14. The van der Waals surface area contributed by atoms with E-state index in [0.717, 1.165) is 38.1 Å². The van der Waals surface area contributed by atoms with Gasteiger partial charge in [0.1, 0.15) is 5.65 Å². The average Bonchev–Trinajstić information content (AvgIpc) is 2.90. The van der Waals surface area contributed by atoms with Gasteiger partial charge in [-0.15, -0.1) is 0 Å². The van der Waals surface area contributed by atoms with Gasteiger partial charge in [0.15, 0.2) is 0 Å². The summed E-state index contributed by atoms with van der Waals surface area (Å²) in [5.41, 5.74) is 3.38. The highest BCUT2D eigenvalue weighted by Crippen LogP contribution is 2.16. The van der Waals surface area contributed by atoms with Crippen molar-refractivity contribution in [3.63, 3.8) is 0 Å². The van der Waals surface area contributed by atoms with E-state index in [9.17, 15) is 4.79 Å². The number of ether oxygens (including phenoxy) is 1. The van der Waals surface area contributed by atoms with Crippen molar-refractivity contribution in [2.45, 2.75) is 39.3 Å². The molecular formula is C17H24N4O2. The van der Waals surface area contributed by atoms with E-state index in [0.29, 0.717) is 6.61 Å². The molecule has 1 N–H and O–H groups in total. The summed E-state index contributed by atoms with van der Waals surface area (Å²) in [6, 6.07) is 4.27. The first-order valence-electron chi connectivity index (χ1n) is 8.24. The minimum atomic E-state index is -0.315. The molecule has 0 saturated carbocycles. The molecule has 0 unspecified atom stereocenters. The number of aromatic nitrogens is 2. The van der Waals surface area contributed by atoms with E-state index < -0.39 is 0 Å². The van der Waals surface area contributed by atoms with E-state index in [1.54, 1.807) is 0 Å². The number of likely N-dealkylation sites (tertiary alicyclic amines) is 1. The first kappa shape index (κ1) is 15.8. The lowest BCUT2D eigenvalue weighted by molar-refractivity contribution is 0.132. The van der Waals surface area contributed by atoms with Crippen LogP contribution in [0.3, 0.4) is 0 Å². The number of rotatable bonds is 4. The minimum Gasteiger partial charge on any atom is -0.450 e. The van der Waals surface area contributed by atoms with Gasteiger partial charge in [-0.1, -0.05) is 6.07 Å². The number of amides is 1. The first-order valence-corrected chi connectivity index (χ1v) is 8.24. The summed E-state index contributed by atoms with van der Waals surface area (Å²) >= 11 is 0. The van der Waals surface area contributed by atoms with Gasteiger partial charge in [0, 0.05) is 25.3 Å². The zero-order valence-corrected chi connectivity index (χ0v) is 13.8. The molecule has 2 aromatic rings. The first-order chi connectivity index (χ1) is 11.2. The van der Waals surface area contributed by atoms with E-state index in [1.807, 2.05) is 19.2 Å². The molecule has 0 aliphatic carbocycles. The number of fused-ring (bicyclic) bond motifs is 1. The van der Waals surface area contributed by atoms with Crippen molar-refractivity contribution in [2.24, 2.45) is 0 Å².